The number of aromatic nitrogens is 2. The van der Waals surface area contributed by atoms with Crippen molar-refractivity contribution in [1.29, 1.82) is 0 Å². The number of anilines is 1. The topological polar surface area (TPSA) is 53.4 Å². The number of nitrogens with one attached hydrogen (secondary N) is 1. The van der Waals surface area contributed by atoms with Crippen LogP contribution in [-0.2, 0) is 0 Å². The summed E-state index contributed by atoms with van der Waals surface area (Å²) >= 11 is 1.42. The number of rotatable bonds is 2. The average Bonchev–Trinajstić information content (AvgIpc) is 3.44. The number of hydrogen-bond donors (Lipinski definition) is 1. The fourth-order valence-electron chi connectivity index (χ4n) is 4.69. The molecule has 0 spiro atoms. The standard InChI is InChI=1S/C19H22F3N5OS/c20-19(21,22)16-9-13(15-4-2-8-29-15)23-17-10-14(24-27(16)17)18(28)26-7-6-25-5-1-3-12(25)11-26/h2,4,8,10,12-13,16,23H,1,3,5-7,9,11H2/t12-,13-,16-/m1/s1. The summed E-state index contributed by atoms with van der Waals surface area (Å²) in [5, 5.41) is 9.11. The lowest BCUT2D eigenvalue weighted by Crippen LogP contribution is -2.52. The van der Waals surface area contributed by atoms with Crippen molar-refractivity contribution in [1.82, 2.24) is 19.6 Å². The number of amides is 1. The van der Waals surface area contributed by atoms with E-state index in [1.807, 2.05) is 17.5 Å². The number of carbonyl (C=O) groups excluding carboxylic acids is 1. The third-order valence-corrected chi connectivity index (χ3v) is 7.16. The summed E-state index contributed by atoms with van der Waals surface area (Å²) in [6.07, 6.45) is -2.39. The molecule has 0 aliphatic carbocycles. The summed E-state index contributed by atoms with van der Waals surface area (Å²) in [5.74, 6) is -0.0336. The molecule has 3 atom stereocenters. The van der Waals surface area contributed by atoms with E-state index in [4.69, 9.17) is 0 Å². The normalized spacial score (nSPS) is 27.4. The summed E-state index contributed by atoms with van der Waals surface area (Å²) in [7, 11) is 0. The van der Waals surface area contributed by atoms with Crippen LogP contribution in [0, 0.1) is 0 Å². The molecule has 1 amide bonds. The molecule has 10 heteroatoms. The molecule has 0 saturated carbocycles. The first-order valence-corrected chi connectivity index (χ1v) is 10.8. The number of hydrogen-bond acceptors (Lipinski definition) is 5. The van der Waals surface area contributed by atoms with Crippen molar-refractivity contribution in [2.24, 2.45) is 0 Å². The lowest BCUT2D eigenvalue weighted by molar-refractivity contribution is -0.173. The fourth-order valence-corrected chi connectivity index (χ4v) is 5.48. The van der Waals surface area contributed by atoms with E-state index >= 15 is 0 Å². The maximum Gasteiger partial charge on any atom is 0.410 e. The molecule has 2 aromatic rings. The van der Waals surface area contributed by atoms with Crippen LogP contribution in [-0.4, -0.2) is 63.9 Å². The van der Waals surface area contributed by atoms with Gasteiger partial charge in [-0.25, -0.2) is 4.68 Å². The van der Waals surface area contributed by atoms with Crippen LogP contribution in [0.1, 0.15) is 46.7 Å². The second-order valence-electron chi connectivity index (χ2n) is 7.95. The maximum atomic E-state index is 13.8. The largest absolute Gasteiger partial charge is 0.410 e. The zero-order chi connectivity index (χ0) is 20.2. The van der Waals surface area contributed by atoms with Crippen molar-refractivity contribution in [3.8, 4) is 0 Å². The van der Waals surface area contributed by atoms with Crippen molar-refractivity contribution in [3.05, 3.63) is 34.2 Å². The van der Waals surface area contributed by atoms with Gasteiger partial charge in [-0.3, -0.25) is 9.69 Å². The van der Waals surface area contributed by atoms with Crippen LogP contribution in [0.15, 0.2) is 23.6 Å². The first-order valence-electron chi connectivity index (χ1n) is 9.89. The van der Waals surface area contributed by atoms with Crippen LogP contribution >= 0.6 is 11.3 Å². The molecule has 0 unspecified atom stereocenters. The van der Waals surface area contributed by atoms with Gasteiger partial charge in [0.2, 0.25) is 0 Å². The molecule has 6 nitrogen and oxygen atoms in total. The molecule has 5 rings (SSSR count). The first kappa shape index (κ1) is 18.9. The first-order chi connectivity index (χ1) is 13.9. The third-order valence-electron chi connectivity index (χ3n) is 6.17. The number of nitrogens with zero attached hydrogens (tertiary/aromatic N) is 4. The van der Waals surface area contributed by atoms with Gasteiger partial charge in [-0.05, 0) is 30.8 Å². The molecule has 2 fully saturated rings. The maximum absolute atomic E-state index is 13.8. The molecule has 2 saturated heterocycles. The van der Waals surface area contributed by atoms with Crippen LogP contribution in [0.3, 0.4) is 0 Å². The Labute approximate surface area is 170 Å². The van der Waals surface area contributed by atoms with E-state index < -0.39 is 18.3 Å². The summed E-state index contributed by atoms with van der Waals surface area (Å²) in [6, 6.07) is 3.29. The van der Waals surface area contributed by atoms with Crippen LogP contribution in [0.2, 0.25) is 0 Å². The molecule has 0 bridgehead atoms. The van der Waals surface area contributed by atoms with Gasteiger partial charge >= 0.3 is 6.18 Å². The predicted molar refractivity (Wildman–Crippen MR) is 103 cm³/mol. The Balaban J connectivity index is 1.42. The van der Waals surface area contributed by atoms with Gasteiger partial charge in [0.15, 0.2) is 11.7 Å². The minimum atomic E-state index is -4.44. The molecule has 3 aliphatic heterocycles. The molecule has 29 heavy (non-hydrogen) atoms. The molecule has 1 N–H and O–H groups in total. The molecule has 5 heterocycles. The average molecular weight is 425 g/mol. The van der Waals surface area contributed by atoms with Gasteiger partial charge in [-0.1, -0.05) is 6.07 Å². The highest BCUT2D eigenvalue weighted by Gasteiger charge is 2.47. The summed E-state index contributed by atoms with van der Waals surface area (Å²) < 4.78 is 42.2. The lowest BCUT2D eigenvalue weighted by Gasteiger charge is -2.37. The third kappa shape index (κ3) is 3.42. The van der Waals surface area contributed by atoms with E-state index in [1.54, 1.807) is 4.90 Å². The zero-order valence-corrected chi connectivity index (χ0v) is 16.5. The molecule has 2 aromatic heterocycles. The van der Waals surface area contributed by atoms with Crippen molar-refractivity contribution < 1.29 is 18.0 Å². The van der Waals surface area contributed by atoms with Crippen LogP contribution in [0.4, 0.5) is 19.0 Å². The number of thiophene rings is 1. The second-order valence-corrected chi connectivity index (χ2v) is 8.93. The number of piperazine rings is 1. The monoisotopic (exact) mass is 425 g/mol. The van der Waals surface area contributed by atoms with Crippen LogP contribution < -0.4 is 5.32 Å². The minimum Gasteiger partial charge on any atom is -0.363 e. The smallest absolute Gasteiger partial charge is 0.363 e. The molecular formula is C19H22F3N5OS. The Morgan fingerprint density at radius 2 is 2.14 bits per heavy atom. The molecule has 3 aliphatic rings. The number of halogens is 3. The van der Waals surface area contributed by atoms with E-state index in [2.05, 4.69) is 15.3 Å². The Morgan fingerprint density at radius 3 is 2.90 bits per heavy atom. The molecule has 156 valence electrons. The Bertz CT molecular complexity index is 896. The zero-order valence-electron chi connectivity index (χ0n) is 15.7. The van der Waals surface area contributed by atoms with Crippen LogP contribution in [0.5, 0.6) is 0 Å². The number of fused-ring (bicyclic) bond motifs is 2. The predicted octanol–water partition coefficient (Wildman–Crippen LogP) is 3.53. The quantitative estimate of drug-likeness (QED) is 0.800. The summed E-state index contributed by atoms with van der Waals surface area (Å²) in [5.41, 5.74) is 0.0834. The van der Waals surface area contributed by atoms with Gasteiger partial charge in [-0.2, -0.15) is 18.3 Å². The highest BCUT2D eigenvalue weighted by Crippen LogP contribution is 2.44. The Morgan fingerprint density at radius 1 is 1.28 bits per heavy atom. The number of carbonyl (C=O) groups is 1. The lowest BCUT2D eigenvalue weighted by atomic mass is 10.0. The van der Waals surface area contributed by atoms with Crippen LogP contribution in [0.25, 0.3) is 0 Å². The van der Waals surface area contributed by atoms with E-state index in [0.717, 1.165) is 35.5 Å². The minimum absolute atomic E-state index is 0.0834. The summed E-state index contributed by atoms with van der Waals surface area (Å²) in [4.78, 5) is 18.0. The van der Waals surface area contributed by atoms with Crippen molar-refractivity contribution in [3.63, 3.8) is 0 Å². The SMILES string of the molecule is O=C(c1cc2n(n1)[C@@H](C(F)(F)F)C[C@H](c1cccs1)N2)N1CCN2CCC[C@@H]2C1. The van der Waals surface area contributed by atoms with E-state index in [1.165, 1.54) is 17.4 Å². The van der Waals surface area contributed by atoms with E-state index in [-0.39, 0.29) is 23.8 Å². The Hall–Kier alpha value is -2.07. The Kier molecular flexibility index (Phi) is 4.58. The van der Waals surface area contributed by atoms with E-state index in [0.29, 0.717) is 19.1 Å². The van der Waals surface area contributed by atoms with Gasteiger partial charge < -0.3 is 10.2 Å². The highest BCUT2D eigenvalue weighted by molar-refractivity contribution is 7.10. The summed E-state index contributed by atoms with van der Waals surface area (Å²) in [6.45, 7) is 3.08. The second kappa shape index (κ2) is 7.02. The van der Waals surface area contributed by atoms with Crippen molar-refractivity contribution >= 4 is 23.1 Å². The van der Waals surface area contributed by atoms with E-state index in [9.17, 15) is 18.0 Å². The molecular weight excluding hydrogens is 403 g/mol. The van der Waals surface area contributed by atoms with Crippen molar-refractivity contribution in [2.45, 2.75) is 43.6 Å². The molecule has 0 aromatic carbocycles. The van der Waals surface area contributed by atoms with Gasteiger partial charge in [0.05, 0.1) is 6.04 Å². The molecule has 0 radical (unpaired) electrons. The van der Waals surface area contributed by atoms with Gasteiger partial charge in [0.25, 0.3) is 5.91 Å². The highest BCUT2D eigenvalue weighted by atomic mass is 32.1. The van der Waals surface area contributed by atoms with Gasteiger partial charge in [-0.15, -0.1) is 11.3 Å². The number of alkyl halides is 3. The van der Waals surface area contributed by atoms with Crippen molar-refractivity contribution in [2.75, 3.05) is 31.5 Å². The van der Waals surface area contributed by atoms with Gasteiger partial charge in [0.1, 0.15) is 5.82 Å². The fraction of sp³-hybridized carbons (Fsp3) is 0.579. The van der Waals surface area contributed by atoms with Gasteiger partial charge in [0, 0.05) is 43.0 Å².